The highest BCUT2D eigenvalue weighted by Gasteiger charge is 2.31. The molecule has 25 heavy (non-hydrogen) atoms. The van der Waals surface area contributed by atoms with Crippen LogP contribution >= 0.6 is 0 Å². The van der Waals surface area contributed by atoms with Gasteiger partial charge < -0.3 is 9.80 Å². The first-order valence-corrected chi connectivity index (χ1v) is 9.98. The average molecular weight is 347 g/mol. The summed E-state index contributed by atoms with van der Waals surface area (Å²) in [7, 11) is 0. The lowest BCUT2D eigenvalue weighted by Gasteiger charge is -2.37. The largest absolute Gasteiger partial charge is 0.355 e. The molecule has 1 aliphatic rings. The Kier molecular flexibility index (Phi) is 8.16. The van der Waals surface area contributed by atoms with E-state index in [2.05, 4.69) is 40.5 Å². The highest BCUT2D eigenvalue weighted by molar-refractivity contribution is 5.80. The Hall–Kier alpha value is -1.65. The van der Waals surface area contributed by atoms with Gasteiger partial charge in [-0.3, -0.25) is 9.78 Å². The monoisotopic (exact) mass is 346 g/mol. The van der Waals surface area contributed by atoms with Gasteiger partial charge >= 0.3 is 0 Å². The van der Waals surface area contributed by atoms with Crippen LogP contribution in [-0.2, 0) is 4.79 Å². The first-order valence-electron chi connectivity index (χ1n) is 9.98. The summed E-state index contributed by atoms with van der Waals surface area (Å²) in [6.07, 6.45) is 12.9. The Balaban J connectivity index is 2.03. The molecular formula is C20H34N4O. The van der Waals surface area contributed by atoms with Crippen molar-refractivity contribution in [2.24, 2.45) is 5.92 Å². The first-order chi connectivity index (χ1) is 12.2. The maximum absolute atomic E-state index is 13.2. The van der Waals surface area contributed by atoms with E-state index < -0.39 is 0 Å². The van der Waals surface area contributed by atoms with Crippen LogP contribution in [0.4, 0.5) is 5.82 Å². The number of carbonyl (C=O) groups excluding carboxylic acids is 1. The molecule has 0 N–H and O–H groups in total. The maximum Gasteiger partial charge on any atom is 0.227 e. The van der Waals surface area contributed by atoms with Gasteiger partial charge in [-0.15, -0.1) is 0 Å². The van der Waals surface area contributed by atoms with Crippen molar-refractivity contribution in [3.05, 3.63) is 18.6 Å². The quantitative estimate of drug-likeness (QED) is 0.636. The zero-order valence-corrected chi connectivity index (χ0v) is 16.2. The summed E-state index contributed by atoms with van der Waals surface area (Å²) >= 11 is 0. The second-order valence-corrected chi connectivity index (χ2v) is 7.23. The molecule has 2 atom stereocenters. The van der Waals surface area contributed by atoms with Gasteiger partial charge in [-0.1, -0.05) is 33.1 Å². The molecule has 1 aromatic rings. The van der Waals surface area contributed by atoms with Crippen LogP contribution in [-0.4, -0.2) is 46.5 Å². The van der Waals surface area contributed by atoms with Gasteiger partial charge in [0, 0.05) is 38.1 Å². The van der Waals surface area contributed by atoms with Gasteiger partial charge in [-0.25, -0.2) is 4.98 Å². The molecule has 2 unspecified atom stereocenters. The van der Waals surface area contributed by atoms with Crippen molar-refractivity contribution in [3.63, 3.8) is 0 Å². The van der Waals surface area contributed by atoms with E-state index in [1.54, 1.807) is 18.6 Å². The third kappa shape index (κ3) is 5.68. The number of hydrogen-bond donors (Lipinski definition) is 0. The van der Waals surface area contributed by atoms with Gasteiger partial charge in [0.1, 0.15) is 5.82 Å². The van der Waals surface area contributed by atoms with Crippen LogP contribution in [0.15, 0.2) is 18.6 Å². The molecule has 0 radical (unpaired) electrons. The van der Waals surface area contributed by atoms with E-state index in [0.717, 1.165) is 57.6 Å². The molecule has 1 amide bonds. The van der Waals surface area contributed by atoms with E-state index in [9.17, 15) is 4.79 Å². The molecule has 2 rings (SSSR count). The van der Waals surface area contributed by atoms with Gasteiger partial charge in [0.2, 0.25) is 5.91 Å². The summed E-state index contributed by atoms with van der Waals surface area (Å²) in [4.78, 5) is 26.2. The van der Waals surface area contributed by atoms with Crippen molar-refractivity contribution in [2.75, 3.05) is 24.5 Å². The van der Waals surface area contributed by atoms with Gasteiger partial charge in [0.25, 0.3) is 0 Å². The van der Waals surface area contributed by atoms with Crippen LogP contribution in [0.5, 0.6) is 0 Å². The standard InChI is InChI=1S/C20H34N4O/c1-4-6-7-14-24(17(3)9-5-2)20(25)18-10-8-13-23(16-18)19-15-21-11-12-22-19/h11-12,15,17-18H,4-10,13-14,16H2,1-3H3. The summed E-state index contributed by atoms with van der Waals surface area (Å²) in [5.41, 5.74) is 0. The zero-order chi connectivity index (χ0) is 18.1. The number of piperidine rings is 1. The van der Waals surface area contributed by atoms with E-state index in [1.165, 1.54) is 12.8 Å². The Morgan fingerprint density at radius 1 is 1.32 bits per heavy atom. The van der Waals surface area contributed by atoms with Crippen molar-refractivity contribution in [1.29, 1.82) is 0 Å². The number of nitrogens with zero attached hydrogens (tertiary/aromatic N) is 4. The molecule has 1 fully saturated rings. The highest BCUT2D eigenvalue weighted by Crippen LogP contribution is 2.24. The topological polar surface area (TPSA) is 49.3 Å². The summed E-state index contributed by atoms with van der Waals surface area (Å²) in [5.74, 6) is 1.31. The Morgan fingerprint density at radius 2 is 2.16 bits per heavy atom. The van der Waals surface area contributed by atoms with Gasteiger partial charge in [0.15, 0.2) is 0 Å². The molecule has 2 heterocycles. The number of aromatic nitrogens is 2. The van der Waals surface area contributed by atoms with E-state index >= 15 is 0 Å². The molecule has 0 saturated carbocycles. The minimum Gasteiger partial charge on any atom is -0.355 e. The third-order valence-electron chi connectivity index (χ3n) is 5.17. The lowest BCUT2D eigenvalue weighted by Crippen LogP contribution is -2.48. The Labute approximate surface area is 152 Å². The van der Waals surface area contributed by atoms with Crippen molar-refractivity contribution in [3.8, 4) is 0 Å². The minimum atomic E-state index is 0.0803. The van der Waals surface area contributed by atoms with E-state index in [1.807, 2.05) is 0 Å². The summed E-state index contributed by atoms with van der Waals surface area (Å²) in [5, 5.41) is 0. The predicted molar refractivity (Wildman–Crippen MR) is 103 cm³/mol. The highest BCUT2D eigenvalue weighted by atomic mass is 16.2. The lowest BCUT2D eigenvalue weighted by molar-refractivity contribution is -0.138. The zero-order valence-electron chi connectivity index (χ0n) is 16.2. The second kappa shape index (κ2) is 10.4. The molecule has 1 saturated heterocycles. The number of anilines is 1. The molecule has 0 spiro atoms. The number of amides is 1. The van der Waals surface area contributed by atoms with Crippen molar-refractivity contribution < 1.29 is 4.79 Å². The van der Waals surface area contributed by atoms with Crippen LogP contribution in [0, 0.1) is 5.92 Å². The van der Waals surface area contributed by atoms with Crippen LogP contribution < -0.4 is 4.90 Å². The summed E-state index contributed by atoms with van der Waals surface area (Å²) in [6.45, 7) is 9.23. The van der Waals surface area contributed by atoms with Gasteiger partial charge in [0.05, 0.1) is 12.1 Å². The molecule has 0 bridgehead atoms. The first kappa shape index (κ1) is 19.7. The summed E-state index contributed by atoms with van der Waals surface area (Å²) < 4.78 is 0. The van der Waals surface area contributed by atoms with Crippen LogP contribution in [0.2, 0.25) is 0 Å². The fourth-order valence-corrected chi connectivity index (χ4v) is 3.73. The van der Waals surface area contributed by atoms with Crippen molar-refractivity contribution >= 4 is 11.7 Å². The SMILES string of the molecule is CCCCCN(C(=O)C1CCCN(c2cnccn2)C1)C(C)CCC. The van der Waals surface area contributed by atoms with E-state index in [-0.39, 0.29) is 5.92 Å². The van der Waals surface area contributed by atoms with Crippen LogP contribution in [0.3, 0.4) is 0 Å². The fourth-order valence-electron chi connectivity index (χ4n) is 3.73. The van der Waals surface area contributed by atoms with Crippen molar-refractivity contribution in [1.82, 2.24) is 14.9 Å². The van der Waals surface area contributed by atoms with Crippen molar-refractivity contribution in [2.45, 2.75) is 71.8 Å². The van der Waals surface area contributed by atoms with Crippen LogP contribution in [0.1, 0.15) is 65.7 Å². The predicted octanol–water partition coefficient (Wildman–Crippen LogP) is 3.90. The lowest BCUT2D eigenvalue weighted by atomic mass is 9.95. The summed E-state index contributed by atoms with van der Waals surface area (Å²) in [6, 6.07) is 0.334. The minimum absolute atomic E-state index is 0.0803. The molecule has 1 aliphatic heterocycles. The molecule has 5 nitrogen and oxygen atoms in total. The molecule has 0 aromatic carbocycles. The second-order valence-electron chi connectivity index (χ2n) is 7.23. The molecule has 140 valence electrons. The smallest absolute Gasteiger partial charge is 0.227 e. The maximum atomic E-state index is 13.2. The average Bonchev–Trinajstić information content (AvgIpc) is 2.66. The molecular weight excluding hydrogens is 312 g/mol. The Morgan fingerprint density at radius 3 is 2.84 bits per heavy atom. The van der Waals surface area contributed by atoms with E-state index in [4.69, 9.17) is 0 Å². The Bertz CT molecular complexity index is 508. The number of hydrogen-bond acceptors (Lipinski definition) is 4. The van der Waals surface area contributed by atoms with E-state index in [0.29, 0.717) is 11.9 Å². The number of rotatable bonds is 9. The number of carbonyl (C=O) groups is 1. The molecule has 1 aromatic heterocycles. The molecule has 5 heteroatoms. The van der Waals surface area contributed by atoms with Gasteiger partial charge in [-0.05, 0) is 32.6 Å². The molecule has 0 aliphatic carbocycles. The number of unbranched alkanes of at least 4 members (excludes halogenated alkanes) is 2. The van der Waals surface area contributed by atoms with Gasteiger partial charge in [-0.2, -0.15) is 0 Å². The fraction of sp³-hybridized carbons (Fsp3) is 0.750. The normalized spacial score (nSPS) is 18.8. The van der Waals surface area contributed by atoms with Crippen LogP contribution in [0.25, 0.3) is 0 Å². The third-order valence-corrected chi connectivity index (χ3v) is 5.17.